The first-order chi connectivity index (χ1) is 13.9. The van der Waals surface area contributed by atoms with Crippen LogP contribution in [0.5, 0.6) is 5.75 Å². The fraction of sp³-hybridized carbons (Fsp3) is 0.375. The minimum absolute atomic E-state index is 0.202. The smallest absolute Gasteiger partial charge is 0.344 e. The van der Waals surface area contributed by atoms with Crippen molar-refractivity contribution < 1.29 is 47.3 Å². The summed E-state index contributed by atoms with van der Waals surface area (Å²) in [6.45, 7) is -0.202. The van der Waals surface area contributed by atoms with E-state index in [-0.39, 0.29) is 6.61 Å². The Labute approximate surface area is 170 Å². The number of aliphatic hydroxyl groups excluding tert-OH is 1. The third-order valence-corrected chi connectivity index (χ3v) is 6.93. The molecule has 160 valence electrons. The third kappa shape index (κ3) is 6.21. The summed E-state index contributed by atoms with van der Waals surface area (Å²) in [4.78, 5) is 36.1. The topological polar surface area (TPSA) is 147 Å². The number of ether oxygens (including phenoxy) is 2. The van der Waals surface area contributed by atoms with E-state index >= 15 is 0 Å². The van der Waals surface area contributed by atoms with Crippen LogP contribution in [0.25, 0.3) is 10.8 Å². The van der Waals surface area contributed by atoms with Crippen LogP contribution >= 0.6 is 25.8 Å². The summed E-state index contributed by atoms with van der Waals surface area (Å²) in [5.74, 6) is 0.641. The third-order valence-electron chi connectivity index (χ3n) is 4.30. The molecule has 29 heavy (non-hydrogen) atoms. The molecule has 5 atom stereocenters. The van der Waals surface area contributed by atoms with Crippen LogP contribution in [0, 0.1) is 0 Å². The van der Waals surface area contributed by atoms with Gasteiger partial charge in [0.05, 0.1) is 25.9 Å². The summed E-state index contributed by atoms with van der Waals surface area (Å²) in [6, 6.07) is 11.7. The van der Waals surface area contributed by atoms with Gasteiger partial charge in [-0.1, -0.05) is 24.3 Å². The predicted molar refractivity (Wildman–Crippen MR) is 106 cm³/mol. The number of fused-ring (bicyclic) bond motifs is 1. The second-order valence-electron chi connectivity index (χ2n) is 6.10. The van der Waals surface area contributed by atoms with Gasteiger partial charge in [-0.2, -0.15) is 0 Å². The zero-order valence-electron chi connectivity index (χ0n) is 15.2. The molecule has 0 amide bonds. The van der Waals surface area contributed by atoms with Gasteiger partial charge >= 0.3 is 25.8 Å². The van der Waals surface area contributed by atoms with Gasteiger partial charge in [0.2, 0.25) is 0 Å². The van der Waals surface area contributed by atoms with Gasteiger partial charge in [-0.05, 0) is 22.9 Å². The van der Waals surface area contributed by atoms with E-state index in [2.05, 4.69) is 8.62 Å². The fourth-order valence-electron chi connectivity index (χ4n) is 3.04. The molecule has 10 nitrogen and oxygen atoms in total. The van der Waals surface area contributed by atoms with Crippen molar-refractivity contribution in [2.24, 2.45) is 0 Å². The van der Waals surface area contributed by atoms with Crippen LogP contribution in [-0.2, 0) is 17.9 Å². The summed E-state index contributed by atoms with van der Waals surface area (Å²) < 4.78 is 25.2. The molecular formula is C16H21O10P3. The van der Waals surface area contributed by atoms with Gasteiger partial charge in [0.15, 0.2) is 0 Å². The molecule has 0 aliphatic carbocycles. The van der Waals surface area contributed by atoms with Crippen molar-refractivity contribution in [3.05, 3.63) is 42.0 Å². The van der Waals surface area contributed by atoms with Crippen molar-refractivity contribution in [1.29, 1.82) is 0 Å². The maximum absolute atomic E-state index is 10.3. The van der Waals surface area contributed by atoms with Crippen molar-refractivity contribution >= 4 is 36.6 Å². The standard InChI is InChI=1S/C16H21O10P3/c1-22-14-7-11-5-3-2-4-10(11)6-12(14)15-8-13(17)16(24-15)9-23-28(20)26-29(21)25-27(18)19/h2-7,13,15-21H,8-9H2,1H3/t13-,15?,16?,28?,29?/m1/s1. The number of hydrogen-bond acceptors (Lipinski definition) is 10. The molecule has 3 rings (SSSR count). The van der Waals surface area contributed by atoms with Crippen molar-refractivity contribution in [3.63, 3.8) is 0 Å². The molecule has 1 aliphatic heterocycles. The number of benzene rings is 2. The normalized spacial score (nSPS) is 24.2. The van der Waals surface area contributed by atoms with Gasteiger partial charge in [0, 0.05) is 12.0 Å². The molecule has 0 spiro atoms. The first-order valence-corrected chi connectivity index (χ1v) is 11.8. The monoisotopic (exact) mass is 466 g/mol. The van der Waals surface area contributed by atoms with Crippen LogP contribution in [0.3, 0.4) is 0 Å². The van der Waals surface area contributed by atoms with Crippen LogP contribution in [0.1, 0.15) is 18.1 Å². The van der Waals surface area contributed by atoms with E-state index in [4.69, 9.17) is 23.8 Å². The minimum atomic E-state index is -2.82. The molecular weight excluding hydrogens is 445 g/mol. The van der Waals surface area contributed by atoms with Crippen molar-refractivity contribution in [2.75, 3.05) is 13.7 Å². The lowest BCUT2D eigenvalue weighted by Crippen LogP contribution is -2.25. The number of rotatable bonds is 9. The lowest BCUT2D eigenvalue weighted by atomic mass is 9.99. The molecule has 2 aromatic rings. The fourth-order valence-corrected chi connectivity index (χ4v) is 4.87. The second-order valence-corrected chi connectivity index (χ2v) is 9.12. The average Bonchev–Trinajstić information content (AvgIpc) is 3.05. The average molecular weight is 466 g/mol. The van der Waals surface area contributed by atoms with Crippen molar-refractivity contribution in [3.8, 4) is 5.75 Å². The highest BCUT2D eigenvalue weighted by Gasteiger charge is 2.37. The molecule has 4 unspecified atom stereocenters. The highest BCUT2D eigenvalue weighted by Crippen LogP contribution is 2.55. The van der Waals surface area contributed by atoms with Crippen LogP contribution in [-0.4, -0.2) is 50.6 Å². The largest absolute Gasteiger partial charge is 0.496 e. The van der Waals surface area contributed by atoms with Crippen LogP contribution in [0.4, 0.5) is 0 Å². The van der Waals surface area contributed by atoms with E-state index in [1.54, 1.807) is 7.11 Å². The Kier molecular flexibility index (Phi) is 8.48. The summed E-state index contributed by atoms with van der Waals surface area (Å²) in [6.07, 6.45) is -1.72. The van der Waals surface area contributed by atoms with Crippen molar-refractivity contribution in [1.82, 2.24) is 0 Å². The van der Waals surface area contributed by atoms with Crippen molar-refractivity contribution in [2.45, 2.75) is 24.7 Å². The molecule has 1 aliphatic rings. The molecule has 2 aromatic carbocycles. The first-order valence-electron chi connectivity index (χ1n) is 8.42. The first kappa shape index (κ1) is 23.1. The van der Waals surface area contributed by atoms with Crippen LogP contribution in [0.2, 0.25) is 0 Å². The van der Waals surface area contributed by atoms with Gasteiger partial charge in [-0.25, -0.2) is 8.62 Å². The number of hydrogen-bond donors (Lipinski definition) is 5. The number of aliphatic hydroxyl groups is 1. The van der Waals surface area contributed by atoms with Gasteiger partial charge in [0.1, 0.15) is 11.9 Å². The Hall–Kier alpha value is -0.570. The minimum Gasteiger partial charge on any atom is -0.496 e. The second kappa shape index (κ2) is 10.6. The molecule has 0 radical (unpaired) electrons. The Bertz CT molecular complexity index is 810. The Balaban J connectivity index is 1.61. The van der Waals surface area contributed by atoms with Crippen LogP contribution in [0.15, 0.2) is 36.4 Å². The van der Waals surface area contributed by atoms with Gasteiger partial charge < -0.3 is 38.7 Å². The van der Waals surface area contributed by atoms with E-state index < -0.39 is 44.1 Å². The highest BCUT2D eigenvalue weighted by molar-refractivity contribution is 7.60. The Morgan fingerprint density at radius 3 is 2.38 bits per heavy atom. The molecule has 0 aromatic heterocycles. The Morgan fingerprint density at radius 1 is 1.03 bits per heavy atom. The van der Waals surface area contributed by atoms with Gasteiger partial charge in [-0.3, -0.25) is 0 Å². The van der Waals surface area contributed by atoms with E-state index in [1.165, 1.54) is 0 Å². The lowest BCUT2D eigenvalue weighted by Gasteiger charge is -2.19. The molecule has 1 fully saturated rings. The molecule has 13 heteroatoms. The van der Waals surface area contributed by atoms with E-state index in [9.17, 15) is 14.9 Å². The van der Waals surface area contributed by atoms with E-state index in [0.29, 0.717) is 12.2 Å². The summed E-state index contributed by atoms with van der Waals surface area (Å²) in [7, 11) is -6.52. The SMILES string of the molecule is COc1cc2ccccc2cc1C1C[C@@H](O)C(COP(O)OP(O)OP(O)O)O1. The maximum Gasteiger partial charge on any atom is 0.344 e. The van der Waals surface area contributed by atoms with Gasteiger partial charge in [-0.15, -0.1) is 0 Å². The zero-order chi connectivity index (χ0) is 21.0. The maximum atomic E-state index is 10.3. The predicted octanol–water partition coefficient (Wildman–Crippen LogP) is 2.74. The summed E-state index contributed by atoms with van der Waals surface area (Å²) in [5.41, 5.74) is 0.793. The van der Waals surface area contributed by atoms with E-state index in [0.717, 1.165) is 16.3 Å². The molecule has 1 saturated heterocycles. The molecule has 0 saturated carbocycles. The molecule has 5 N–H and O–H groups in total. The zero-order valence-corrected chi connectivity index (χ0v) is 17.9. The quantitative estimate of drug-likeness (QED) is 0.350. The van der Waals surface area contributed by atoms with E-state index in [1.807, 2.05) is 36.4 Å². The lowest BCUT2D eigenvalue weighted by molar-refractivity contribution is -0.0188. The number of methoxy groups -OCH3 is 1. The summed E-state index contributed by atoms with van der Waals surface area (Å²) >= 11 is 0. The molecule has 0 bridgehead atoms. The van der Waals surface area contributed by atoms with Gasteiger partial charge in [0.25, 0.3) is 0 Å². The molecule has 1 heterocycles. The van der Waals surface area contributed by atoms with Crippen LogP contribution < -0.4 is 4.74 Å². The Morgan fingerprint density at radius 2 is 1.72 bits per heavy atom. The summed E-state index contributed by atoms with van der Waals surface area (Å²) in [5, 5.41) is 12.3. The highest BCUT2D eigenvalue weighted by atomic mass is 31.3.